The predicted octanol–water partition coefficient (Wildman–Crippen LogP) is 4.43. The summed E-state index contributed by atoms with van der Waals surface area (Å²) in [5.74, 6) is 1.43. The van der Waals surface area contributed by atoms with Gasteiger partial charge in [-0.1, -0.05) is 18.2 Å². The maximum Gasteiger partial charge on any atom is 0.257 e. The lowest BCUT2D eigenvalue weighted by Crippen LogP contribution is -2.25. The summed E-state index contributed by atoms with van der Waals surface area (Å²) in [4.78, 5) is 19.2. The molecule has 5 nitrogen and oxygen atoms in total. The molecule has 0 aliphatic carbocycles. The van der Waals surface area contributed by atoms with Gasteiger partial charge in [0, 0.05) is 24.1 Å². The van der Waals surface area contributed by atoms with Gasteiger partial charge in [0.1, 0.15) is 11.6 Å². The number of aryl methyl sites for hydroxylation is 1. The number of aromatic nitrogens is 1. The molecule has 0 fully saturated rings. The van der Waals surface area contributed by atoms with E-state index in [0.29, 0.717) is 5.56 Å². The van der Waals surface area contributed by atoms with Gasteiger partial charge in [0.05, 0.1) is 12.7 Å². The van der Waals surface area contributed by atoms with Crippen molar-refractivity contribution < 1.29 is 9.53 Å². The predicted molar refractivity (Wildman–Crippen MR) is 107 cm³/mol. The van der Waals surface area contributed by atoms with Crippen molar-refractivity contribution in [2.75, 3.05) is 23.9 Å². The number of anilines is 3. The molecule has 0 radical (unpaired) electrons. The van der Waals surface area contributed by atoms with Crippen LogP contribution in [0.25, 0.3) is 0 Å². The van der Waals surface area contributed by atoms with Crippen LogP contribution in [0.3, 0.4) is 0 Å². The molecular weight excluding hydrogens is 338 g/mol. The Bertz CT molecular complexity index is 937. The highest BCUT2D eigenvalue weighted by molar-refractivity contribution is 6.04. The Morgan fingerprint density at radius 2 is 1.89 bits per heavy atom. The summed E-state index contributed by atoms with van der Waals surface area (Å²) in [6.45, 7) is 0.932. The minimum atomic E-state index is -0.182. The lowest BCUT2D eigenvalue weighted by molar-refractivity contribution is 0.102. The Hall–Kier alpha value is -3.34. The van der Waals surface area contributed by atoms with E-state index in [1.807, 2.05) is 42.5 Å². The van der Waals surface area contributed by atoms with Crippen molar-refractivity contribution in [3.8, 4) is 5.75 Å². The van der Waals surface area contributed by atoms with Crippen molar-refractivity contribution in [2.45, 2.75) is 12.8 Å². The number of ether oxygens (including phenoxy) is 1. The second kappa shape index (κ2) is 7.50. The van der Waals surface area contributed by atoms with Crippen molar-refractivity contribution in [3.63, 3.8) is 0 Å². The third-order valence-electron chi connectivity index (χ3n) is 4.74. The fourth-order valence-electron chi connectivity index (χ4n) is 3.33. The van der Waals surface area contributed by atoms with Crippen LogP contribution in [0.2, 0.25) is 0 Å². The van der Waals surface area contributed by atoms with Crippen LogP contribution in [0.15, 0.2) is 66.9 Å². The van der Waals surface area contributed by atoms with Crippen LogP contribution < -0.4 is 15.0 Å². The number of rotatable bonds is 4. The summed E-state index contributed by atoms with van der Waals surface area (Å²) in [6, 6.07) is 19.4. The summed E-state index contributed by atoms with van der Waals surface area (Å²) in [7, 11) is 1.61. The third-order valence-corrected chi connectivity index (χ3v) is 4.74. The summed E-state index contributed by atoms with van der Waals surface area (Å²) >= 11 is 0. The second-order valence-corrected chi connectivity index (χ2v) is 6.47. The van der Waals surface area contributed by atoms with Crippen LogP contribution in [0.1, 0.15) is 22.3 Å². The zero-order chi connectivity index (χ0) is 18.6. The molecule has 4 rings (SSSR count). The van der Waals surface area contributed by atoms with Crippen LogP contribution in [0.4, 0.5) is 17.2 Å². The molecule has 27 heavy (non-hydrogen) atoms. The first-order valence-electron chi connectivity index (χ1n) is 9.01. The van der Waals surface area contributed by atoms with Gasteiger partial charge in [-0.25, -0.2) is 4.98 Å². The number of carbonyl (C=O) groups is 1. The van der Waals surface area contributed by atoms with Crippen LogP contribution >= 0.6 is 0 Å². The van der Waals surface area contributed by atoms with E-state index in [4.69, 9.17) is 4.74 Å². The fraction of sp³-hybridized carbons (Fsp3) is 0.182. The quantitative estimate of drug-likeness (QED) is 0.749. The van der Waals surface area contributed by atoms with Gasteiger partial charge in [0.15, 0.2) is 0 Å². The number of benzene rings is 2. The van der Waals surface area contributed by atoms with E-state index in [-0.39, 0.29) is 5.91 Å². The molecule has 0 unspecified atom stereocenters. The molecule has 1 aromatic heterocycles. The number of para-hydroxylation sites is 1. The third kappa shape index (κ3) is 3.62. The zero-order valence-corrected chi connectivity index (χ0v) is 15.2. The zero-order valence-electron chi connectivity index (χ0n) is 15.2. The molecule has 0 atom stereocenters. The van der Waals surface area contributed by atoms with E-state index in [0.717, 1.165) is 36.6 Å². The van der Waals surface area contributed by atoms with Crippen LogP contribution in [-0.4, -0.2) is 24.5 Å². The van der Waals surface area contributed by atoms with E-state index in [9.17, 15) is 4.79 Å². The number of methoxy groups -OCH3 is 1. The van der Waals surface area contributed by atoms with E-state index in [1.54, 1.807) is 13.3 Å². The standard InChI is InChI=1S/C22H21N3O2/c1-27-19-11-9-18(10-12-19)24-22(26)17-8-13-21(23-15-17)25-14-4-6-16-5-2-3-7-20(16)25/h2-3,5,7-13,15H,4,6,14H2,1H3,(H,24,26). The summed E-state index contributed by atoms with van der Waals surface area (Å²) < 4.78 is 5.13. The molecule has 0 bridgehead atoms. The van der Waals surface area contributed by atoms with Crippen molar-refractivity contribution >= 4 is 23.1 Å². The number of fused-ring (bicyclic) bond motifs is 1. The molecule has 3 aromatic rings. The summed E-state index contributed by atoms with van der Waals surface area (Å²) in [6.07, 6.45) is 3.82. The van der Waals surface area contributed by atoms with Gasteiger partial charge in [0.25, 0.3) is 5.91 Å². The van der Waals surface area contributed by atoms with Crippen LogP contribution in [0, 0.1) is 0 Å². The topological polar surface area (TPSA) is 54.5 Å². The maximum absolute atomic E-state index is 12.5. The number of hydrogen-bond acceptors (Lipinski definition) is 4. The van der Waals surface area contributed by atoms with Crippen molar-refractivity contribution in [2.24, 2.45) is 0 Å². The average Bonchev–Trinajstić information content (AvgIpc) is 2.74. The molecule has 5 heteroatoms. The largest absolute Gasteiger partial charge is 0.497 e. The van der Waals surface area contributed by atoms with Crippen LogP contribution in [0.5, 0.6) is 5.75 Å². The minimum Gasteiger partial charge on any atom is -0.497 e. The highest BCUT2D eigenvalue weighted by Gasteiger charge is 2.19. The molecule has 136 valence electrons. The van der Waals surface area contributed by atoms with Crippen molar-refractivity contribution in [3.05, 3.63) is 78.0 Å². The number of carbonyl (C=O) groups excluding carboxylic acids is 1. The number of hydrogen-bond donors (Lipinski definition) is 1. The van der Waals surface area contributed by atoms with E-state index >= 15 is 0 Å². The first-order chi connectivity index (χ1) is 13.2. The Morgan fingerprint density at radius 1 is 1.07 bits per heavy atom. The fourth-order valence-corrected chi connectivity index (χ4v) is 3.33. The Kier molecular flexibility index (Phi) is 4.75. The minimum absolute atomic E-state index is 0.182. The van der Waals surface area contributed by atoms with E-state index in [2.05, 4.69) is 33.4 Å². The van der Waals surface area contributed by atoms with E-state index in [1.165, 1.54) is 11.3 Å². The van der Waals surface area contributed by atoms with Gasteiger partial charge in [-0.3, -0.25) is 4.79 Å². The number of pyridine rings is 1. The Balaban J connectivity index is 1.50. The highest BCUT2D eigenvalue weighted by Crippen LogP contribution is 2.32. The molecule has 1 aliphatic rings. The van der Waals surface area contributed by atoms with Gasteiger partial charge in [-0.15, -0.1) is 0 Å². The molecule has 1 amide bonds. The monoisotopic (exact) mass is 359 g/mol. The van der Waals surface area contributed by atoms with Gasteiger partial charge >= 0.3 is 0 Å². The molecule has 0 saturated carbocycles. The second-order valence-electron chi connectivity index (χ2n) is 6.47. The Morgan fingerprint density at radius 3 is 2.63 bits per heavy atom. The first kappa shape index (κ1) is 17.1. The molecule has 1 aliphatic heterocycles. The lowest BCUT2D eigenvalue weighted by Gasteiger charge is -2.30. The average molecular weight is 359 g/mol. The van der Waals surface area contributed by atoms with Gasteiger partial charge in [-0.2, -0.15) is 0 Å². The summed E-state index contributed by atoms with van der Waals surface area (Å²) in [5.41, 5.74) is 3.79. The summed E-state index contributed by atoms with van der Waals surface area (Å²) in [5, 5.41) is 2.88. The number of nitrogens with one attached hydrogen (secondary N) is 1. The van der Waals surface area contributed by atoms with Crippen molar-refractivity contribution in [1.82, 2.24) is 4.98 Å². The number of nitrogens with zero attached hydrogens (tertiary/aromatic N) is 2. The van der Waals surface area contributed by atoms with Gasteiger partial charge in [-0.05, 0) is 60.9 Å². The van der Waals surface area contributed by atoms with Gasteiger partial charge < -0.3 is 15.0 Å². The SMILES string of the molecule is COc1ccc(NC(=O)c2ccc(N3CCCc4ccccc43)nc2)cc1. The molecule has 1 N–H and O–H groups in total. The Labute approximate surface area is 158 Å². The molecule has 0 saturated heterocycles. The number of amides is 1. The molecular formula is C22H21N3O2. The molecule has 0 spiro atoms. The molecule has 2 heterocycles. The smallest absolute Gasteiger partial charge is 0.257 e. The highest BCUT2D eigenvalue weighted by atomic mass is 16.5. The van der Waals surface area contributed by atoms with Crippen LogP contribution in [-0.2, 0) is 6.42 Å². The van der Waals surface area contributed by atoms with Gasteiger partial charge in [0.2, 0.25) is 0 Å². The van der Waals surface area contributed by atoms with Crippen molar-refractivity contribution in [1.29, 1.82) is 0 Å². The maximum atomic E-state index is 12.5. The lowest BCUT2D eigenvalue weighted by atomic mass is 10.0. The first-order valence-corrected chi connectivity index (χ1v) is 9.01. The normalized spacial score (nSPS) is 13.0. The van der Waals surface area contributed by atoms with E-state index < -0.39 is 0 Å². The molecule has 2 aromatic carbocycles.